The zero-order valence-corrected chi connectivity index (χ0v) is 8.23. The summed E-state index contributed by atoms with van der Waals surface area (Å²) in [6.45, 7) is 1.93. The van der Waals surface area contributed by atoms with Gasteiger partial charge in [-0.25, -0.2) is 9.78 Å². The Labute approximate surface area is 85.6 Å². The van der Waals surface area contributed by atoms with E-state index in [9.17, 15) is 9.59 Å². The van der Waals surface area contributed by atoms with Crippen molar-refractivity contribution in [2.24, 2.45) is 0 Å². The van der Waals surface area contributed by atoms with Crippen molar-refractivity contribution in [3.8, 4) is 0 Å². The van der Waals surface area contributed by atoms with Crippen LogP contribution < -0.4 is 5.56 Å². The molecule has 1 aliphatic rings. The second-order valence-corrected chi connectivity index (χ2v) is 3.62. The van der Waals surface area contributed by atoms with Crippen molar-refractivity contribution in [3.05, 3.63) is 27.9 Å². The molecule has 0 saturated heterocycles. The summed E-state index contributed by atoms with van der Waals surface area (Å²) >= 11 is 0. The standard InChI is InChI=1S/C9H11N3O3/c1-5-2-7-6(3-12(5)9(14)15)8(13)11-4-10-7/h4-5H,2-3H2,1H3,(H,14,15)(H,10,11,13)/t5-/m1/s1. The van der Waals surface area contributed by atoms with Crippen LogP contribution in [0.4, 0.5) is 4.79 Å². The van der Waals surface area contributed by atoms with Gasteiger partial charge in [0, 0.05) is 12.5 Å². The highest BCUT2D eigenvalue weighted by Crippen LogP contribution is 2.18. The van der Waals surface area contributed by atoms with Gasteiger partial charge in [-0.05, 0) is 6.92 Å². The highest BCUT2D eigenvalue weighted by molar-refractivity contribution is 5.66. The molecule has 2 rings (SSSR count). The lowest BCUT2D eigenvalue weighted by molar-refractivity contribution is 0.118. The van der Waals surface area contributed by atoms with Gasteiger partial charge < -0.3 is 15.0 Å². The first-order valence-electron chi connectivity index (χ1n) is 4.64. The number of carbonyl (C=O) groups is 1. The third-order valence-corrected chi connectivity index (χ3v) is 2.63. The molecule has 1 aromatic rings. The smallest absolute Gasteiger partial charge is 0.407 e. The molecular weight excluding hydrogens is 198 g/mol. The Morgan fingerprint density at radius 2 is 2.47 bits per heavy atom. The van der Waals surface area contributed by atoms with E-state index in [-0.39, 0.29) is 18.1 Å². The Kier molecular flexibility index (Phi) is 2.18. The van der Waals surface area contributed by atoms with Crippen LogP contribution in [-0.2, 0) is 13.0 Å². The summed E-state index contributed by atoms with van der Waals surface area (Å²) in [6, 6.07) is -0.135. The maximum absolute atomic E-state index is 11.4. The van der Waals surface area contributed by atoms with Crippen molar-refractivity contribution in [2.75, 3.05) is 0 Å². The molecule has 6 heteroatoms. The van der Waals surface area contributed by atoms with Gasteiger partial charge in [-0.15, -0.1) is 0 Å². The van der Waals surface area contributed by atoms with E-state index in [2.05, 4.69) is 9.97 Å². The topological polar surface area (TPSA) is 86.3 Å². The van der Waals surface area contributed by atoms with Crippen molar-refractivity contribution in [1.29, 1.82) is 0 Å². The molecule has 0 bridgehead atoms. The number of rotatable bonds is 0. The number of hydrogen-bond donors (Lipinski definition) is 2. The number of aromatic nitrogens is 2. The van der Waals surface area contributed by atoms with Gasteiger partial charge in [-0.1, -0.05) is 0 Å². The number of H-pyrrole nitrogens is 1. The zero-order chi connectivity index (χ0) is 11.0. The third-order valence-electron chi connectivity index (χ3n) is 2.63. The Morgan fingerprint density at radius 1 is 1.73 bits per heavy atom. The average molecular weight is 209 g/mol. The van der Waals surface area contributed by atoms with E-state index in [0.717, 1.165) is 0 Å². The first-order chi connectivity index (χ1) is 7.09. The van der Waals surface area contributed by atoms with Gasteiger partial charge >= 0.3 is 6.09 Å². The van der Waals surface area contributed by atoms with E-state index in [1.807, 2.05) is 0 Å². The number of aromatic amines is 1. The van der Waals surface area contributed by atoms with Gasteiger partial charge in [-0.3, -0.25) is 4.79 Å². The molecule has 0 fully saturated rings. The summed E-state index contributed by atoms with van der Waals surface area (Å²) in [5, 5.41) is 8.92. The van der Waals surface area contributed by atoms with Crippen molar-refractivity contribution < 1.29 is 9.90 Å². The summed E-state index contributed by atoms with van der Waals surface area (Å²) in [4.78, 5) is 30.0. The van der Waals surface area contributed by atoms with Crippen LogP contribution in [0.3, 0.4) is 0 Å². The van der Waals surface area contributed by atoms with Gasteiger partial charge in [0.1, 0.15) is 0 Å². The van der Waals surface area contributed by atoms with E-state index in [0.29, 0.717) is 17.7 Å². The molecule has 1 aromatic heterocycles. The van der Waals surface area contributed by atoms with Crippen LogP contribution in [0.15, 0.2) is 11.1 Å². The number of fused-ring (bicyclic) bond motifs is 1. The summed E-state index contributed by atoms with van der Waals surface area (Å²) in [6.07, 6.45) is 0.840. The van der Waals surface area contributed by atoms with Crippen molar-refractivity contribution in [1.82, 2.24) is 14.9 Å². The first kappa shape index (κ1) is 9.70. The minimum Gasteiger partial charge on any atom is -0.465 e. The van der Waals surface area contributed by atoms with Crippen molar-refractivity contribution in [3.63, 3.8) is 0 Å². The van der Waals surface area contributed by atoms with Gasteiger partial charge in [0.2, 0.25) is 0 Å². The zero-order valence-electron chi connectivity index (χ0n) is 8.23. The number of amides is 1. The molecule has 2 heterocycles. The van der Waals surface area contributed by atoms with Gasteiger partial charge in [0.05, 0.1) is 24.1 Å². The highest BCUT2D eigenvalue weighted by atomic mass is 16.4. The van der Waals surface area contributed by atoms with Crippen LogP contribution in [0.2, 0.25) is 0 Å². The molecule has 1 aliphatic heterocycles. The van der Waals surface area contributed by atoms with Crippen LogP contribution >= 0.6 is 0 Å². The molecule has 6 nitrogen and oxygen atoms in total. The Bertz CT molecular complexity index is 454. The number of nitrogens with zero attached hydrogens (tertiary/aromatic N) is 2. The molecule has 1 amide bonds. The lowest BCUT2D eigenvalue weighted by Crippen LogP contribution is -2.44. The minimum atomic E-state index is -1.00. The molecule has 2 N–H and O–H groups in total. The maximum atomic E-state index is 11.4. The molecule has 0 saturated carbocycles. The van der Waals surface area contributed by atoms with Crippen molar-refractivity contribution in [2.45, 2.75) is 25.9 Å². The SMILES string of the molecule is C[C@@H]1Cc2nc[nH]c(=O)c2CN1C(=O)O. The quantitative estimate of drug-likeness (QED) is 0.638. The summed E-state index contributed by atoms with van der Waals surface area (Å²) < 4.78 is 0. The van der Waals surface area contributed by atoms with Crippen LogP contribution in [0.1, 0.15) is 18.2 Å². The Morgan fingerprint density at radius 3 is 3.13 bits per heavy atom. The largest absolute Gasteiger partial charge is 0.465 e. The second-order valence-electron chi connectivity index (χ2n) is 3.62. The Hall–Kier alpha value is -1.85. The monoisotopic (exact) mass is 209 g/mol. The average Bonchev–Trinajstić information content (AvgIpc) is 2.16. The predicted molar refractivity (Wildman–Crippen MR) is 51.6 cm³/mol. The molecule has 0 radical (unpaired) electrons. The van der Waals surface area contributed by atoms with E-state index >= 15 is 0 Å². The van der Waals surface area contributed by atoms with E-state index < -0.39 is 6.09 Å². The highest BCUT2D eigenvalue weighted by Gasteiger charge is 2.28. The van der Waals surface area contributed by atoms with Crippen LogP contribution in [0.25, 0.3) is 0 Å². The number of hydrogen-bond acceptors (Lipinski definition) is 3. The van der Waals surface area contributed by atoms with Gasteiger partial charge in [0.15, 0.2) is 0 Å². The Balaban J connectivity index is 2.43. The fourth-order valence-electron chi connectivity index (χ4n) is 1.78. The lowest BCUT2D eigenvalue weighted by Gasteiger charge is -2.31. The van der Waals surface area contributed by atoms with E-state index in [1.54, 1.807) is 6.92 Å². The third kappa shape index (κ3) is 1.58. The molecule has 80 valence electrons. The van der Waals surface area contributed by atoms with Gasteiger partial charge in [0.25, 0.3) is 5.56 Å². The van der Waals surface area contributed by atoms with Crippen LogP contribution in [0, 0.1) is 0 Å². The molecule has 1 atom stereocenters. The summed E-state index contributed by atoms with van der Waals surface area (Å²) in [7, 11) is 0. The van der Waals surface area contributed by atoms with Crippen molar-refractivity contribution >= 4 is 6.09 Å². The minimum absolute atomic E-state index is 0.120. The first-order valence-corrected chi connectivity index (χ1v) is 4.64. The number of nitrogens with one attached hydrogen (secondary N) is 1. The fourth-order valence-corrected chi connectivity index (χ4v) is 1.78. The van der Waals surface area contributed by atoms with Gasteiger partial charge in [-0.2, -0.15) is 0 Å². The second kappa shape index (κ2) is 3.38. The molecule has 0 spiro atoms. The molecule has 0 aromatic carbocycles. The molecule has 0 unspecified atom stereocenters. The predicted octanol–water partition coefficient (Wildman–Crippen LogP) is 0.195. The summed E-state index contributed by atoms with van der Waals surface area (Å²) in [5.41, 5.74) is 0.903. The molecule has 15 heavy (non-hydrogen) atoms. The molecule has 0 aliphatic carbocycles. The molecular formula is C9H11N3O3. The van der Waals surface area contributed by atoms with Crippen LogP contribution in [-0.4, -0.2) is 32.1 Å². The van der Waals surface area contributed by atoms with E-state index in [4.69, 9.17) is 5.11 Å². The fraction of sp³-hybridized carbons (Fsp3) is 0.444. The maximum Gasteiger partial charge on any atom is 0.407 e. The van der Waals surface area contributed by atoms with E-state index in [1.165, 1.54) is 11.2 Å². The summed E-state index contributed by atoms with van der Waals surface area (Å²) in [5.74, 6) is 0. The van der Waals surface area contributed by atoms with Crippen LogP contribution in [0.5, 0.6) is 0 Å². The lowest BCUT2D eigenvalue weighted by atomic mass is 10.0. The number of carboxylic acid groups (broad SMARTS) is 1. The normalized spacial score (nSPS) is 19.8.